The molecule has 1 amide bonds. The molecule has 0 aliphatic heterocycles. The maximum atomic E-state index is 11.4. The number of rotatable bonds is 6. The third-order valence-corrected chi connectivity index (χ3v) is 2.96. The van der Waals surface area contributed by atoms with Crippen LogP contribution in [-0.2, 0) is 18.3 Å². The van der Waals surface area contributed by atoms with Gasteiger partial charge in [-0.15, -0.1) is 0 Å². The van der Waals surface area contributed by atoms with Gasteiger partial charge in [0.15, 0.2) is 0 Å². The molecule has 1 aromatic heterocycles. The molecule has 3 N–H and O–H groups in total. The van der Waals surface area contributed by atoms with Crippen molar-refractivity contribution >= 4 is 5.91 Å². The Bertz CT molecular complexity index is 384. The third kappa shape index (κ3) is 3.85. The Kier molecular flexibility index (Phi) is 5.15. The quantitative estimate of drug-likeness (QED) is 0.755. The standard InChI is InChI=1S/C12H22N4O/c1-9-11(10(2)16(3)15-9)6-8-14-12(17)5-4-7-13/h4-8,13H2,1-3H3,(H,14,17). The lowest BCUT2D eigenvalue weighted by atomic mass is 10.1. The normalized spacial score (nSPS) is 10.6. The fourth-order valence-electron chi connectivity index (χ4n) is 1.86. The number of amides is 1. The second kappa shape index (κ2) is 6.39. The summed E-state index contributed by atoms with van der Waals surface area (Å²) in [6.07, 6.45) is 2.10. The summed E-state index contributed by atoms with van der Waals surface area (Å²) in [5.41, 5.74) is 8.78. The highest BCUT2D eigenvalue weighted by molar-refractivity contribution is 5.75. The number of nitrogens with one attached hydrogen (secondary N) is 1. The molecule has 1 aromatic rings. The summed E-state index contributed by atoms with van der Waals surface area (Å²) in [4.78, 5) is 11.4. The second-order valence-corrected chi connectivity index (χ2v) is 4.27. The minimum Gasteiger partial charge on any atom is -0.356 e. The molecule has 0 spiro atoms. The van der Waals surface area contributed by atoms with Gasteiger partial charge in [0.05, 0.1) is 5.69 Å². The van der Waals surface area contributed by atoms with E-state index in [4.69, 9.17) is 5.73 Å². The van der Waals surface area contributed by atoms with Gasteiger partial charge in [0.1, 0.15) is 0 Å². The largest absolute Gasteiger partial charge is 0.356 e. The van der Waals surface area contributed by atoms with E-state index in [-0.39, 0.29) is 5.91 Å². The SMILES string of the molecule is Cc1nn(C)c(C)c1CCNC(=O)CCCN. The molecule has 0 bridgehead atoms. The molecule has 5 heteroatoms. The molecule has 5 nitrogen and oxygen atoms in total. The summed E-state index contributed by atoms with van der Waals surface area (Å²) < 4.78 is 1.88. The molecule has 1 rings (SSSR count). The maximum Gasteiger partial charge on any atom is 0.220 e. The number of aromatic nitrogens is 2. The summed E-state index contributed by atoms with van der Waals surface area (Å²) >= 11 is 0. The average molecular weight is 238 g/mol. The fraction of sp³-hybridized carbons (Fsp3) is 0.667. The smallest absolute Gasteiger partial charge is 0.220 e. The van der Waals surface area contributed by atoms with Crippen LogP contribution >= 0.6 is 0 Å². The molecule has 0 aliphatic carbocycles. The summed E-state index contributed by atoms with van der Waals surface area (Å²) in [6, 6.07) is 0. The van der Waals surface area contributed by atoms with Crippen molar-refractivity contribution in [2.24, 2.45) is 12.8 Å². The lowest BCUT2D eigenvalue weighted by Crippen LogP contribution is -2.26. The van der Waals surface area contributed by atoms with Crippen LogP contribution in [0.2, 0.25) is 0 Å². The van der Waals surface area contributed by atoms with Crippen LogP contribution in [0.3, 0.4) is 0 Å². The van der Waals surface area contributed by atoms with E-state index in [0.717, 1.165) is 18.5 Å². The summed E-state index contributed by atoms with van der Waals surface area (Å²) in [6.45, 7) is 5.27. The van der Waals surface area contributed by atoms with Crippen molar-refractivity contribution in [2.75, 3.05) is 13.1 Å². The monoisotopic (exact) mass is 238 g/mol. The van der Waals surface area contributed by atoms with E-state index >= 15 is 0 Å². The van der Waals surface area contributed by atoms with Crippen LogP contribution in [-0.4, -0.2) is 28.8 Å². The van der Waals surface area contributed by atoms with Crippen LogP contribution in [0.1, 0.15) is 29.8 Å². The van der Waals surface area contributed by atoms with E-state index < -0.39 is 0 Å². The van der Waals surface area contributed by atoms with Gasteiger partial charge in [-0.1, -0.05) is 0 Å². The van der Waals surface area contributed by atoms with Crippen LogP contribution in [0.4, 0.5) is 0 Å². The zero-order valence-corrected chi connectivity index (χ0v) is 10.9. The number of hydrogen-bond acceptors (Lipinski definition) is 3. The summed E-state index contributed by atoms with van der Waals surface area (Å²) in [5, 5.41) is 7.24. The molecule has 0 saturated carbocycles. The van der Waals surface area contributed by atoms with Gasteiger partial charge >= 0.3 is 0 Å². The van der Waals surface area contributed by atoms with Gasteiger partial charge < -0.3 is 11.1 Å². The molecular weight excluding hydrogens is 216 g/mol. The minimum atomic E-state index is 0.0784. The van der Waals surface area contributed by atoms with E-state index in [1.165, 1.54) is 11.3 Å². The Hall–Kier alpha value is -1.36. The Morgan fingerprint density at radius 3 is 2.71 bits per heavy atom. The van der Waals surface area contributed by atoms with Gasteiger partial charge in [0.25, 0.3) is 0 Å². The van der Waals surface area contributed by atoms with Gasteiger partial charge in [-0.3, -0.25) is 9.48 Å². The Labute approximate surface area is 102 Å². The third-order valence-electron chi connectivity index (χ3n) is 2.96. The molecule has 1 heterocycles. The number of carbonyl (C=O) groups excluding carboxylic acids is 1. The second-order valence-electron chi connectivity index (χ2n) is 4.27. The Balaban J connectivity index is 2.38. The Morgan fingerprint density at radius 1 is 1.47 bits per heavy atom. The molecule has 0 atom stereocenters. The predicted octanol–water partition coefficient (Wildman–Crippen LogP) is 0.435. The topological polar surface area (TPSA) is 72.9 Å². The van der Waals surface area contributed by atoms with Crippen molar-refractivity contribution in [3.8, 4) is 0 Å². The van der Waals surface area contributed by atoms with Gasteiger partial charge in [-0.2, -0.15) is 5.10 Å². The molecule has 0 radical (unpaired) electrons. The fourth-order valence-corrected chi connectivity index (χ4v) is 1.86. The summed E-state index contributed by atoms with van der Waals surface area (Å²) in [7, 11) is 1.94. The molecule has 0 aliphatic rings. The molecule has 96 valence electrons. The van der Waals surface area contributed by atoms with Crippen molar-refractivity contribution in [2.45, 2.75) is 33.1 Å². The number of nitrogens with two attached hydrogens (primary N) is 1. The zero-order valence-electron chi connectivity index (χ0n) is 10.9. The first kappa shape index (κ1) is 13.7. The Morgan fingerprint density at radius 2 is 2.18 bits per heavy atom. The lowest BCUT2D eigenvalue weighted by molar-refractivity contribution is -0.121. The number of carbonyl (C=O) groups is 1. The highest BCUT2D eigenvalue weighted by Gasteiger charge is 2.09. The molecule has 0 unspecified atom stereocenters. The van der Waals surface area contributed by atoms with Crippen LogP contribution in [0.5, 0.6) is 0 Å². The van der Waals surface area contributed by atoms with Crippen molar-refractivity contribution in [1.29, 1.82) is 0 Å². The number of hydrogen-bond donors (Lipinski definition) is 2. The van der Waals surface area contributed by atoms with E-state index in [9.17, 15) is 4.79 Å². The van der Waals surface area contributed by atoms with Gasteiger partial charge in [-0.05, 0) is 38.8 Å². The van der Waals surface area contributed by atoms with Crippen molar-refractivity contribution in [3.05, 3.63) is 17.0 Å². The first-order chi connectivity index (χ1) is 8.06. The minimum absolute atomic E-state index is 0.0784. The lowest BCUT2D eigenvalue weighted by Gasteiger charge is -2.05. The van der Waals surface area contributed by atoms with Crippen LogP contribution in [0.25, 0.3) is 0 Å². The van der Waals surface area contributed by atoms with Gasteiger partial charge in [-0.25, -0.2) is 0 Å². The van der Waals surface area contributed by atoms with E-state index in [1.807, 2.05) is 25.6 Å². The summed E-state index contributed by atoms with van der Waals surface area (Å²) in [5.74, 6) is 0.0784. The zero-order chi connectivity index (χ0) is 12.8. The van der Waals surface area contributed by atoms with Gasteiger partial charge in [0, 0.05) is 25.7 Å². The highest BCUT2D eigenvalue weighted by Crippen LogP contribution is 2.11. The average Bonchev–Trinajstić information content (AvgIpc) is 2.53. The van der Waals surface area contributed by atoms with E-state index in [2.05, 4.69) is 10.4 Å². The molecular formula is C12H22N4O. The highest BCUT2D eigenvalue weighted by atomic mass is 16.1. The van der Waals surface area contributed by atoms with E-state index in [1.54, 1.807) is 0 Å². The first-order valence-electron chi connectivity index (χ1n) is 6.02. The number of aryl methyl sites for hydroxylation is 2. The molecule has 17 heavy (non-hydrogen) atoms. The van der Waals surface area contributed by atoms with Crippen LogP contribution in [0.15, 0.2) is 0 Å². The molecule has 0 fully saturated rings. The van der Waals surface area contributed by atoms with Crippen molar-refractivity contribution in [3.63, 3.8) is 0 Å². The van der Waals surface area contributed by atoms with E-state index in [0.29, 0.717) is 19.5 Å². The van der Waals surface area contributed by atoms with Crippen LogP contribution in [0, 0.1) is 13.8 Å². The molecule has 0 aromatic carbocycles. The van der Waals surface area contributed by atoms with Crippen LogP contribution < -0.4 is 11.1 Å². The maximum absolute atomic E-state index is 11.4. The molecule has 0 saturated heterocycles. The predicted molar refractivity (Wildman–Crippen MR) is 67.7 cm³/mol. The van der Waals surface area contributed by atoms with Gasteiger partial charge in [0.2, 0.25) is 5.91 Å². The van der Waals surface area contributed by atoms with Crippen molar-refractivity contribution < 1.29 is 4.79 Å². The van der Waals surface area contributed by atoms with Crippen molar-refractivity contribution in [1.82, 2.24) is 15.1 Å². The number of nitrogens with zero attached hydrogens (tertiary/aromatic N) is 2. The first-order valence-corrected chi connectivity index (χ1v) is 6.02.